The number of hydrogen-bond acceptors (Lipinski definition) is 5. The van der Waals surface area contributed by atoms with Gasteiger partial charge in [0.2, 0.25) is 0 Å². The molecular weight excluding hydrogens is 332 g/mol. The SMILES string of the molecule is C[C@H]1C2COC3(c4ccccc4)OC(O2)C(O3)[C@H]1OCc1ccccc1. The van der Waals surface area contributed by atoms with E-state index in [1.807, 2.05) is 48.5 Å². The molecule has 4 unspecified atom stereocenters. The largest absolute Gasteiger partial charge is 0.370 e. The summed E-state index contributed by atoms with van der Waals surface area (Å²) >= 11 is 0. The molecule has 6 atom stereocenters. The maximum Gasteiger partial charge on any atom is 0.314 e. The van der Waals surface area contributed by atoms with Crippen LogP contribution in [-0.4, -0.2) is 31.2 Å². The first kappa shape index (κ1) is 16.4. The molecule has 5 rings (SSSR count). The molecule has 3 heterocycles. The highest BCUT2D eigenvalue weighted by molar-refractivity contribution is 5.20. The number of rotatable bonds is 4. The molecule has 0 amide bonds. The average Bonchev–Trinajstić information content (AvgIpc) is 2.96. The van der Waals surface area contributed by atoms with Crippen LogP contribution in [0.4, 0.5) is 0 Å². The van der Waals surface area contributed by atoms with Gasteiger partial charge in [-0.3, -0.25) is 4.74 Å². The van der Waals surface area contributed by atoms with Crippen LogP contribution in [0, 0.1) is 5.92 Å². The molecule has 0 spiro atoms. The van der Waals surface area contributed by atoms with Crippen LogP contribution in [0.1, 0.15) is 18.1 Å². The first-order valence-electron chi connectivity index (χ1n) is 9.11. The Kier molecular flexibility index (Phi) is 4.07. The highest BCUT2D eigenvalue weighted by atomic mass is 17.0. The van der Waals surface area contributed by atoms with Crippen molar-refractivity contribution in [1.29, 1.82) is 0 Å². The van der Waals surface area contributed by atoms with E-state index in [2.05, 4.69) is 19.1 Å². The van der Waals surface area contributed by atoms with Gasteiger partial charge in [0, 0.05) is 11.5 Å². The molecule has 0 aliphatic carbocycles. The van der Waals surface area contributed by atoms with Crippen molar-refractivity contribution >= 4 is 0 Å². The smallest absolute Gasteiger partial charge is 0.314 e. The Labute approximate surface area is 152 Å². The molecule has 26 heavy (non-hydrogen) atoms. The summed E-state index contributed by atoms with van der Waals surface area (Å²) < 4.78 is 30.9. The Hall–Kier alpha value is -1.76. The molecule has 0 saturated carbocycles. The Bertz CT molecular complexity index is 752. The maximum absolute atomic E-state index is 6.30. The molecule has 2 aromatic carbocycles. The molecule has 3 fully saturated rings. The van der Waals surface area contributed by atoms with Crippen LogP contribution in [0.5, 0.6) is 0 Å². The second-order valence-corrected chi connectivity index (χ2v) is 7.10. The molecule has 3 aliphatic rings. The highest BCUT2D eigenvalue weighted by Crippen LogP contribution is 2.48. The zero-order chi connectivity index (χ0) is 17.6. The standard InChI is InChI=1S/C21H22O5/c1-14-17-13-23-21(16-10-6-3-7-11-16)25-19(20(24-17)26-21)18(14)22-12-15-8-4-2-5-9-15/h2-11,14,17-20H,12-13H2,1H3/t14-,17?,18-,19?,20?,21?/m0/s1. The van der Waals surface area contributed by atoms with Crippen LogP contribution >= 0.6 is 0 Å². The van der Waals surface area contributed by atoms with Gasteiger partial charge in [-0.2, -0.15) is 0 Å². The molecule has 2 aromatic rings. The molecule has 136 valence electrons. The van der Waals surface area contributed by atoms with E-state index in [-0.39, 0.29) is 24.2 Å². The Morgan fingerprint density at radius 3 is 2.50 bits per heavy atom. The number of hydrogen-bond donors (Lipinski definition) is 0. The van der Waals surface area contributed by atoms with Crippen LogP contribution in [0.2, 0.25) is 0 Å². The minimum absolute atomic E-state index is 0.0773. The third-order valence-corrected chi connectivity index (χ3v) is 5.42. The van der Waals surface area contributed by atoms with Crippen molar-refractivity contribution in [3.8, 4) is 0 Å². The van der Waals surface area contributed by atoms with E-state index >= 15 is 0 Å². The topological polar surface area (TPSA) is 46.2 Å². The van der Waals surface area contributed by atoms with Gasteiger partial charge in [0.1, 0.15) is 6.10 Å². The summed E-state index contributed by atoms with van der Waals surface area (Å²) in [5.41, 5.74) is 1.98. The summed E-state index contributed by atoms with van der Waals surface area (Å²) in [6.45, 7) is 3.07. The third-order valence-electron chi connectivity index (χ3n) is 5.42. The van der Waals surface area contributed by atoms with Crippen molar-refractivity contribution in [1.82, 2.24) is 0 Å². The van der Waals surface area contributed by atoms with Crippen molar-refractivity contribution < 1.29 is 23.7 Å². The van der Waals surface area contributed by atoms with Crippen molar-refractivity contribution in [3.63, 3.8) is 0 Å². The summed E-state index contributed by atoms with van der Waals surface area (Å²) in [6, 6.07) is 19.9. The van der Waals surface area contributed by atoms with E-state index in [1.54, 1.807) is 0 Å². The molecule has 3 aliphatic heterocycles. The van der Waals surface area contributed by atoms with Gasteiger partial charge >= 0.3 is 5.97 Å². The Balaban J connectivity index is 1.41. The predicted octanol–water partition coefficient (Wildman–Crippen LogP) is 3.19. The van der Waals surface area contributed by atoms with Gasteiger partial charge in [0.25, 0.3) is 0 Å². The summed E-state index contributed by atoms with van der Waals surface area (Å²) in [5.74, 6) is -1.06. The summed E-state index contributed by atoms with van der Waals surface area (Å²) in [5, 5.41) is 0. The molecule has 0 N–H and O–H groups in total. The van der Waals surface area contributed by atoms with E-state index in [1.165, 1.54) is 0 Å². The number of ether oxygens (including phenoxy) is 5. The lowest BCUT2D eigenvalue weighted by Gasteiger charge is -2.42. The molecule has 3 bridgehead atoms. The minimum atomic E-state index is -1.21. The zero-order valence-electron chi connectivity index (χ0n) is 14.6. The van der Waals surface area contributed by atoms with Crippen molar-refractivity contribution in [2.75, 3.05) is 6.61 Å². The van der Waals surface area contributed by atoms with Gasteiger partial charge in [-0.1, -0.05) is 67.6 Å². The predicted molar refractivity (Wildman–Crippen MR) is 92.9 cm³/mol. The Morgan fingerprint density at radius 1 is 1.00 bits per heavy atom. The van der Waals surface area contributed by atoms with Crippen LogP contribution in [0.25, 0.3) is 0 Å². The fourth-order valence-corrected chi connectivity index (χ4v) is 3.94. The van der Waals surface area contributed by atoms with Gasteiger partial charge in [-0.05, 0) is 5.56 Å². The molecule has 5 heteroatoms. The first-order chi connectivity index (χ1) is 12.8. The lowest BCUT2D eigenvalue weighted by atomic mass is 9.90. The highest BCUT2D eigenvalue weighted by Gasteiger charge is 2.61. The fraction of sp³-hybridized carbons (Fsp3) is 0.429. The second-order valence-electron chi connectivity index (χ2n) is 7.10. The molecule has 0 radical (unpaired) electrons. The van der Waals surface area contributed by atoms with Crippen LogP contribution in [-0.2, 0) is 36.3 Å². The fourth-order valence-electron chi connectivity index (χ4n) is 3.94. The first-order valence-corrected chi connectivity index (χ1v) is 9.11. The summed E-state index contributed by atoms with van der Waals surface area (Å²) in [6.07, 6.45) is -1.01. The average molecular weight is 354 g/mol. The maximum atomic E-state index is 6.30. The van der Waals surface area contributed by atoms with Crippen LogP contribution < -0.4 is 0 Å². The van der Waals surface area contributed by atoms with Gasteiger partial charge < -0.3 is 18.9 Å². The van der Waals surface area contributed by atoms with E-state index in [0.717, 1.165) is 11.1 Å². The van der Waals surface area contributed by atoms with Crippen molar-refractivity contribution in [2.45, 2.75) is 44.1 Å². The quantitative estimate of drug-likeness (QED) is 0.844. The molecular formula is C21H22O5. The normalized spacial score (nSPS) is 38.3. The van der Waals surface area contributed by atoms with Crippen LogP contribution in [0.15, 0.2) is 60.7 Å². The molecule has 3 saturated heterocycles. The lowest BCUT2D eigenvalue weighted by molar-refractivity contribution is -0.358. The molecule has 5 nitrogen and oxygen atoms in total. The van der Waals surface area contributed by atoms with Gasteiger partial charge in [-0.15, -0.1) is 0 Å². The summed E-state index contributed by atoms with van der Waals surface area (Å²) in [7, 11) is 0. The monoisotopic (exact) mass is 354 g/mol. The van der Waals surface area contributed by atoms with E-state index in [4.69, 9.17) is 23.7 Å². The lowest BCUT2D eigenvalue weighted by Crippen LogP contribution is -2.55. The Morgan fingerprint density at radius 2 is 1.73 bits per heavy atom. The van der Waals surface area contributed by atoms with E-state index < -0.39 is 12.3 Å². The van der Waals surface area contributed by atoms with Gasteiger partial charge in [0.15, 0.2) is 6.29 Å². The minimum Gasteiger partial charge on any atom is -0.370 e. The second kappa shape index (κ2) is 6.44. The number of fused-ring (bicyclic) bond motifs is 2. The number of benzene rings is 2. The van der Waals surface area contributed by atoms with Crippen LogP contribution in [0.3, 0.4) is 0 Å². The van der Waals surface area contributed by atoms with E-state index in [9.17, 15) is 0 Å². The summed E-state index contributed by atoms with van der Waals surface area (Å²) in [4.78, 5) is 0. The van der Waals surface area contributed by atoms with E-state index in [0.29, 0.717) is 13.2 Å². The van der Waals surface area contributed by atoms with Gasteiger partial charge in [-0.25, -0.2) is 0 Å². The van der Waals surface area contributed by atoms with Crippen molar-refractivity contribution in [3.05, 3.63) is 71.8 Å². The van der Waals surface area contributed by atoms with Gasteiger partial charge in [0.05, 0.1) is 25.4 Å². The van der Waals surface area contributed by atoms with Crippen molar-refractivity contribution in [2.24, 2.45) is 5.92 Å². The molecule has 0 aromatic heterocycles. The zero-order valence-corrected chi connectivity index (χ0v) is 14.6. The third kappa shape index (κ3) is 2.68.